The molecule has 0 fully saturated rings. The summed E-state index contributed by atoms with van der Waals surface area (Å²) in [5.74, 6) is 0.524. The molecule has 2 nitrogen and oxygen atoms in total. The summed E-state index contributed by atoms with van der Waals surface area (Å²) in [6, 6.07) is 2.32. The van der Waals surface area contributed by atoms with Gasteiger partial charge in [0.05, 0.1) is 5.02 Å². The van der Waals surface area contributed by atoms with Gasteiger partial charge in [0, 0.05) is 18.4 Å². The maximum Gasteiger partial charge on any atom is 0.0637 e. The highest BCUT2D eigenvalue weighted by Crippen LogP contribution is 2.27. The van der Waals surface area contributed by atoms with E-state index in [1.807, 2.05) is 6.07 Å². The minimum atomic E-state index is 0.320. The minimum absolute atomic E-state index is 0.320. The number of halogens is 1. The van der Waals surface area contributed by atoms with Crippen molar-refractivity contribution in [1.82, 2.24) is 10.3 Å². The van der Waals surface area contributed by atoms with Gasteiger partial charge in [-0.05, 0) is 30.5 Å². The summed E-state index contributed by atoms with van der Waals surface area (Å²) in [7, 11) is 0. The summed E-state index contributed by atoms with van der Waals surface area (Å²) in [6.07, 6.45) is 4.63. The Labute approximate surface area is 97.1 Å². The van der Waals surface area contributed by atoms with E-state index in [-0.39, 0.29) is 0 Å². The number of hydrogen-bond acceptors (Lipinski definition) is 2. The highest BCUT2D eigenvalue weighted by atomic mass is 35.5. The van der Waals surface area contributed by atoms with Gasteiger partial charge in [0.1, 0.15) is 0 Å². The molecule has 1 aromatic heterocycles. The second-order valence-electron chi connectivity index (χ2n) is 4.07. The maximum atomic E-state index is 6.14. The molecular weight excluding hydrogens is 208 g/mol. The fourth-order valence-electron chi connectivity index (χ4n) is 1.64. The molecule has 3 heteroatoms. The van der Waals surface area contributed by atoms with Gasteiger partial charge in [-0.25, -0.2) is 0 Å². The van der Waals surface area contributed by atoms with E-state index in [0.29, 0.717) is 12.0 Å². The summed E-state index contributed by atoms with van der Waals surface area (Å²) < 4.78 is 0. The van der Waals surface area contributed by atoms with Crippen molar-refractivity contribution in [2.75, 3.05) is 6.54 Å². The summed E-state index contributed by atoms with van der Waals surface area (Å²) in [5, 5.41) is 4.26. The standard InChI is InChI=1S/C12H19ClN2/c1-4-6-15-12(9(2)3)10-5-7-14-8-11(10)13/h5,7-9,12,15H,4,6H2,1-3H3. The molecule has 0 aromatic carbocycles. The van der Waals surface area contributed by atoms with E-state index < -0.39 is 0 Å². The van der Waals surface area contributed by atoms with Crippen molar-refractivity contribution < 1.29 is 0 Å². The molecule has 0 spiro atoms. The molecule has 1 unspecified atom stereocenters. The fourth-order valence-corrected chi connectivity index (χ4v) is 1.88. The largest absolute Gasteiger partial charge is 0.310 e. The molecule has 1 heterocycles. The third-order valence-electron chi connectivity index (χ3n) is 2.42. The molecule has 84 valence electrons. The number of rotatable bonds is 5. The second-order valence-corrected chi connectivity index (χ2v) is 4.48. The van der Waals surface area contributed by atoms with Crippen LogP contribution in [0.4, 0.5) is 0 Å². The Morgan fingerprint density at radius 2 is 2.20 bits per heavy atom. The quantitative estimate of drug-likeness (QED) is 0.832. The lowest BCUT2D eigenvalue weighted by Crippen LogP contribution is -2.26. The molecule has 1 N–H and O–H groups in total. The van der Waals surface area contributed by atoms with E-state index in [1.54, 1.807) is 12.4 Å². The van der Waals surface area contributed by atoms with E-state index in [2.05, 4.69) is 31.1 Å². The first-order chi connectivity index (χ1) is 7.16. The molecule has 1 aromatic rings. The third-order valence-corrected chi connectivity index (χ3v) is 2.74. The lowest BCUT2D eigenvalue weighted by atomic mass is 9.97. The first-order valence-electron chi connectivity index (χ1n) is 5.49. The van der Waals surface area contributed by atoms with Crippen LogP contribution in [-0.2, 0) is 0 Å². The Bertz CT molecular complexity index is 299. The van der Waals surface area contributed by atoms with Crippen LogP contribution in [0.2, 0.25) is 5.02 Å². The average molecular weight is 227 g/mol. The number of nitrogens with zero attached hydrogens (tertiary/aromatic N) is 1. The Hall–Kier alpha value is -0.600. The Morgan fingerprint density at radius 3 is 2.73 bits per heavy atom. The highest BCUT2D eigenvalue weighted by molar-refractivity contribution is 6.31. The molecule has 1 atom stereocenters. The van der Waals surface area contributed by atoms with Crippen molar-refractivity contribution in [3.05, 3.63) is 29.0 Å². The SMILES string of the molecule is CCCNC(c1ccncc1Cl)C(C)C. The van der Waals surface area contributed by atoms with E-state index >= 15 is 0 Å². The zero-order valence-corrected chi connectivity index (χ0v) is 10.4. The smallest absolute Gasteiger partial charge is 0.0637 e. The van der Waals surface area contributed by atoms with E-state index in [1.165, 1.54) is 0 Å². The fraction of sp³-hybridized carbons (Fsp3) is 0.583. The lowest BCUT2D eigenvalue weighted by molar-refractivity contribution is 0.412. The van der Waals surface area contributed by atoms with Gasteiger partial charge in [0.15, 0.2) is 0 Å². The summed E-state index contributed by atoms with van der Waals surface area (Å²) in [4.78, 5) is 4.01. The highest BCUT2D eigenvalue weighted by Gasteiger charge is 2.17. The van der Waals surface area contributed by atoms with E-state index in [4.69, 9.17) is 11.6 Å². The average Bonchev–Trinajstić information content (AvgIpc) is 2.20. The van der Waals surface area contributed by atoms with Crippen LogP contribution in [0.15, 0.2) is 18.5 Å². The van der Waals surface area contributed by atoms with Crippen molar-refractivity contribution in [2.45, 2.75) is 33.2 Å². The van der Waals surface area contributed by atoms with Gasteiger partial charge in [-0.3, -0.25) is 4.98 Å². The van der Waals surface area contributed by atoms with Gasteiger partial charge in [0.2, 0.25) is 0 Å². The molecule has 15 heavy (non-hydrogen) atoms. The normalized spacial score (nSPS) is 13.1. The molecule has 0 saturated carbocycles. The van der Waals surface area contributed by atoms with Crippen molar-refractivity contribution >= 4 is 11.6 Å². The minimum Gasteiger partial charge on any atom is -0.310 e. The van der Waals surface area contributed by atoms with Gasteiger partial charge in [0.25, 0.3) is 0 Å². The molecule has 0 aliphatic heterocycles. The Morgan fingerprint density at radius 1 is 1.47 bits per heavy atom. The Balaban J connectivity index is 2.84. The van der Waals surface area contributed by atoms with Crippen molar-refractivity contribution in [1.29, 1.82) is 0 Å². The molecule has 0 saturated heterocycles. The second kappa shape index (κ2) is 6.09. The van der Waals surface area contributed by atoms with E-state index in [0.717, 1.165) is 23.6 Å². The van der Waals surface area contributed by atoms with Crippen LogP contribution in [0.25, 0.3) is 0 Å². The van der Waals surface area contributed by atoms with Gasteiger partial charge in [-0.2, -0.15) is 0 Å². The topological polar surface area (TPSA) is 24.9 Å². The van der Waals surface area contributed by atoms with Crippen LogP contribution >= 0.6 is 11.6 Å². The van der Waals surface area contributed by atoms with Crippen molar-refractivity contribution in [3.8, 4) is 0 Å². The van der Waals surface area contributed by atoms with Crippen LogP contribution in [-0.4, -0.2) is 11.5 Å². The first-order valence-corrected chi connectivity index (χ1v) is 5.87. The zero-order valence-electron chi connectivity index (χ0n) is 9.63. The molecule has 0 aliphatic carbocycles. The van der Waals surface area contributed by atoms with Gasteiger partial charge in [-0.1, -0.05) is 32.4 Å². The predicted molar refractivity (Wildman–Crippen MR) is 65.1 cm³/mol. The van der Waals surface area contributed by atoms with Gasteiger partial charge >= 0.3 is 0 Å². The Kier molecular flexibility index (Phi) is 5.06. The molecule has 0 aliphatic rings. The summed E-state index contributed by atoms with van der Waals surface area (Å²) >= 11 is 6.14. The first kappa shape index (κ1) is 12.5. The summed E-state index contributed by atoms with van der Waals surface area (Å²) in [5.41, 5.74) is 1.15. The van der Waals surface area contributed by atoms with Crippen LogP contribution in [0.3, 0.4) is 0 Å². The zero-order chi connectivity index (χ0) is 11.3. The van der Waals surface area contributed by atoms with Crippen LogP contribution in [0.1, 0.15) is 38.8 Å². The van der Waals surface area contributed by atoms with Crippen molar-refractivity contribution in [3.63, 3.8) is 0 Å². The lowest BCUT2D eigenvalue weighted by Gasteiger charge is -2.23. The van der Waals surface area contributed by atoms with Gasteiger partial charge in [-0.15, -0.1) is 0 Å². The molecule has 0 bridgehead atoms. The van der Waals surface area contributed by atoms with Crippen molar-refractivity contribution in [2.24, 2.45) is 5.92 Å². The third kappa shape index (κ3) is 3.47. The molecule has 0 amide bonds. The maximum absolute atomic E-state index is 6.14. The van der Waals surface area contributed by atoms with Crippen LogP contribution in [0, 0.1) is 5.92 Å². The monoisotopic (exact) mass is 226 g/mol. The van der Waals surface area contributed by atoms with Crippen LogP contribution < -0.4 is 5.32 Å². The van der Waals surface area contributed by atoms with Crippen LogP contribution in [0.5, 0.6) is 0 Å². The molecule has 0 radical (unpaired) electrons. The molecular formula is C12H19ClN2. The molecule has 1 rings (SSSR count). The summed E-state index contributed by atoms with van der Waals surface area (Å²) in [6.45, 7) is 7.58. The number of aromatic nitrogens is 1. The van der Waals surface area contributed by atoms with E-state index in [9.17, 15) is 0 Å². The predicted octanol–water partition coefficient (Wildman–Crippen LogP) is 3.43. The number of pyridine rings is 1. The van der Waals surface area contributed by atoms with Gasteiger partial charge < -0.3 is 5.32 Å². The number of hydrogen-bond donors (Lipinski definition) is 1. The number of nitrogens with one attached hydrogen (secondary N) is 1.